The molecule has 0 saturated heterocycles. The van der Waals surface area contributed by atoms with Gasteiger partial charge in [-0.2, -0.15) is 0 Å². The molecule has 0 saturated carbocycles. The Morgan fingerprint density at radius 1 is 1.42 bits per heavy atom. The predicted molar refractivity (Wildman–Crippen MR) is 75.4 cm³/mol. The molecule has 19 heavy (non-hydrogen) atoms. The SMILES string of the molecule is CNC(=O)CCN(C)Cc1ccccc1C#CCO. The van der Waals surface area contributed by atoms with E-state index < -0.39 is 0 Å². The fourth-order valence-corrected chi connectivity index (χ4v) is 1.70. The Morgan fingerprint density at radius 3 is 2.84 bits per heavy atom. The van der Waals surface area contributed by atoms with E-state index in [2.05, 4.69) is 22.1 Å². The number of aliphatic hydroxyl groups is 1. The minimum atomic E-state index is -0.138. The van der Waals surface area contributed by atoms with Crippen molar-refractivity contribution < 1.29 is 9.90 Å². The van der Waals surface area contributed by atoms with Gasteiger partial charge in [-0.05, 0) is 18.7 Å². The number of benzene rings is 1. The molecule has 1 aromatic rings. The van der Waals surface area contributed by atoms with Crippen LogP contribution in [-0.4, -0.2) is 43.2 Å². The second-order valence-corrected chi connectivity index (χ2v) is 4.28. The van der Waals surface area contributed by atoms with Crippen LogP contribution in [-0.2, 0) is 11.3 Å². The minimum absolute atomic E-state index is 0.0419. The molecule has 0 bridgehead atoms. The van der Waals surface area contributed by atoms with Gasteiger partial charge in [0.05, 0.1) is 0 Å². The molecule has 0 aliphatic rings. The molecule has 0 unspecified atom stereocenters. The first kappa shape index (κ1) is 15.2. The molecule has 0 fully saturated rings. The maximum Gasteiger partial charge on any atom is 0.221 e. The molecule has 0 aliphatic heterocycles. The van der Waals surface area contributed by atoms with E-state index in [9.17, 15) is 4.79 Å². The number of hydrogen-bond donors (Lipinski definition) is 2. The Balaban J connectivity index is 2.63. The van der Waals surface area contributed by atoms with Crippen LogP contribution in [0.15, 0.2) is 24.3 Å². The molecule has 1 amide bonds. The Labute approximate surface area is 114 Å². The van der Waals surface area contributed by atoms with Gasteiger partial charge in [0.15, 0.2) is 0 Å². The molecule has 1 aromatic carbocycles. The van der Waals surface area contributed by atoms with E-state index in [0.717, 1.165) is 17.7 Å². The third-order valence-corrected chi connectivity index (χ3v) is 2.76. The van der Waals surface area contributed by atoms with Crippen LogP contribution in [0.25, 0.3) is 0 Å². The van der Waals surface area contributed by atoms with Gasteiger partial charge in [0.25, 0.3) is 0 Å². The maximum absolute atomic E-state index is 11.2. The topological polar surface area (TPSA) is 52.6 Å². The molecule has 1 rings (SSSR count). The Kier molecular flexibility index (Phi) is 6.65. The highest BCUT2D eigenvalue weighted by molar-refractivity contribution is 5.75. The number of carbonyl (C=O) groups is 1. The van der Waals surface area contributed by atoms with Crippen molar-refractivity contribution in [3.8, 4) is 11.8 Å². The number of carbonyl (C=O) groups excluding carboxylic acids is 1. The Morgan fingerprint density at radius 2 is 2.16 bits per heavy atom. The molecule has 0 aromatic heterocycles. The van der Waals surface area contributed by atoms with E-state index in [0.29, 0.717) is 13.0 Å². The molecule has 0 atom stereocenters. The number of nitrogens with one attached hydrogen (secondary N) is 1. The van der Waals surface area contributed by atoms with Crippen molar-refractivity contribution in [1.29, 1.82) is 0 Å². The lowest BCUT2D eigenvalue weighted by molar-refractivity contribution is -0.120. The maximum atomic E-state index is 11.2. The summed E-state index contributed by atoms with van der Waals surface area (Å²) in [6.45, 7) is 1.29. The molecular weight excluding hydrogens is 240 g/mol. The zero-order chi connectivity index (χ0) is 14.1. The van der Waals surface area contributed by atoms with Crippen LogP contribution in [0.4, 0.5) is 0 Å². The summed E-state index contributed by atoms with van der Waals surface area (Å²) in [5, 5.41) is 11.4. The smallest absolute Gasteiger partial charge is 0.221 e. The number of amides is 1. The van der Waals surface area contributed by atoms with Gasteiger partial charge in [-0.15, -0.1) is 0 Å². The van der Waals surface area contributed by atoms with Crippen LogP contribution in [0.1, 0.15) is 17.5 Å². The van der Waals surface area contributed by atoms with Gasteiger partial charge < -0.3 is 15.3 Å². The van der Waals surface area contributed by atoms with Crippen molar-refractivity contribution in [2.24, 2.45) is 0 Å². The largest absolute Gasteiger partial charge is 0.384 e. The zero-order valence-corrected chi connectivity index (χ0v) is 11.4. The summed E-state index contributed by atoms with van der Waals surface area (Å²) >= 11 is 0. The summed E-state index contributed by atoms with van der Waals surface area (Å²) in [6, 6.07) is 7.84. The summed E-state index contributed by atoms with van der Waals surface area (Å²) in [7, 11) is 3.61. The third kappa shape index (κ3) is 5.56. The standard InChI is InChI=1S/C15H20N2O2/c1-16-15(19)9-10-17(2)12-14-7-4-3-6-13(14)8-5-11-18/h3-4,6-7,18H,9-12H2,1-2H3,(H,16,19). The van der Waals surface area contributed by atoms with Crippen molar-refractivity contribution in [3.05, 3.63) is 35.4 Å². The normalized spacial score (nSPS) is 9.89. The zero-order valence-electron chi connectivity index (χ0n) is 11.4. The van der Waals surface area contributed by atoms with E-state index in [1.54, 1.807) is 7.05 Å². The number of nitrogens with zero attached hydrogens (tertiary/aromatic N) is 1. The van der Waals surface area contributed by atoms with Crippen molar-refractivity contribution in [1.82, 2.24) is 10.2 Å². The number of hydrogen-bond acceptors (Lipinski definition) is 3. The lowest BCUT2D eigenvalue weighted by Crippen LogP contribution is -2.26. The van der Waals surface area contributed by atoms with E-state index >= 15 is 0 Å². The lowest BCUT2D eigenvalue weighted by atomic mass is 10.1. The van der Waals surface area contributed by atoms with Crippen LogP contribution < -0.4 is 5.32 Å². The molecule has 4 heteroatoms. The molecule has 0 spiro atoms. The number of rotatable bonds is 5. The highest BCUT2D eigenvalue weighted by atomic mass is 16.2. The lowest BCUT2D eigenvalue weighted by Gasteiger charge is -2.17. The first-order valence-corrected chi connectivity index (χ1v) is 6.24. The Bertz CT molecular complexity index is 475. The van der Waals surface area contributed by atoms with Crippen LogP contribution in [0.5, 0.6) is 0 Å². The van der Waals surface area contributed by atoms with Crippen LogP contribution in [0, 0.1) is 11.8 Å². The summed E-state index contributed by atoms with van der Waals surface area (Å²) < 4.78 is 0. The third-order valence-electron chi connectivity index (χ3n) is 2.76. The molecule has 0 heterocycles. The first-order chi connectivity index (χ1) is 9.17. The van der Waals surface area contributed by atoms with E-state index in [4.69, 9.17) is 5.11 Å². The molecule has 0 radical (unpaired) electrons. The average Bonchev–Trinajstić information content (AvgIpc) is 2.43. The van der Waals surface area contributed by atoms with E-state index in [-0.39, 0.29) is 12.5 Å². The monoisotopic (exact) mass is 260 g/mol. The van der Waals surface area contributed by atoms with Crippen molar-refractivity contribution >= 4 is 5.91 Å². The van der Waals surface area contributed by atoms with Gasteiger partial charge in [0, 0.05) is 32.1 Å². The van der Waals surface area contributed by atoms with Crippen LogP contribution in [0.2, 0.25) is 0 Å². The second-order valence-electron chi connectivity index (χ2n) is 4.28. The molecule has 0 aliphatic carbocycles. The van der Waals surface area contributed by atoms with Crippen molar-refractivity contribution in [3.63, 3.8) is 0 Å². The van der Waals surface area contributed by atoms with Gasteiger partial charge in [-0.25, -0.2) is 0 Å². The summed E-state index contributed by atoms with van der Waals surface area (Å²) in [6.07, 6.45) is 0.484. The van der Waals surface area contributed by atoms with Gasteiger partial charge >= 0.3 is 0 Å². The van der Waals surface area contributed by atoms with E-state index in [1.807, 2.05) is 31.3 Å². The highest BCUT2D eigenvalue weighted by Gasteiger charge is 2.06. The van der Waals surface area contributed by atoms with Gasteiger partial charge in [0.2, 0.25) is 5.91 Å². The average molecular weight is 260 g/mol. The molecule has 4 nitrogen and oxygen atoms in total. The fourth-order valence-electron chi connectivity index (χ4n) is 1.70. The van der Waals surface area contributed by atoms with Gasteiger partial charge in [-0.1, -0.05) is 30.0 Å². The Hall–Kier alpha value is -1.83. The van der Waals surface area contributed by atoms with Gasteiger partial charge in [0.1, 0.15) is 6.61 Å². The highest BCUT2D eigenvalue weighted by Crippen LogP contribution is 2.10. The quantitative estimate of drug-likeness (QED) is 0.762. The second kappa shape index (κ2) is 8.30. The van der Waals surface area contributed by atoms with Crippen molar-refractivity contribution in [2.45, 2.75) is 13.0 Å². The van der Waals surface area contributed by atoms with Crippen LogP contribution >= 0.6 is 0 Å². The van der Waals surface area contributed by atoms with Crippen molar-refractivity contribution in [2.75, 3.05) is 27.2 Å². The number of aliphatic hydroxyl groups excluding tert-OH is 1. The minimum Gasteiger partial charge on any atom is -0.384 e. The molecule has 102 valence electrons. The van der Waals surface area contributed by atoms with Gasteiger partial charge in [-0.3, -0.25) is 4.79 Å². The summed E-state index contributed by atoms with van der Waals surface area (Å²) in [4.78, 5) is 13.3. The first-order valence-electron chi connectivity index (χ1n) is 6.24. The molecule has 2 N–H and O–H groups in total. The fraction of sp³-hybridized carbons (Fsp3) is 0.400. The van der Waals surface area contributed by atoms with E-state index in [1.165, 1.54) is 0 Å². The summed E-state index contributed by atoms with van der Waals surface area (Å²) in [5.74, 6) is 5.64. The summed E-state index contributed by atoms with van der Waals surface area (Å²) in [5.41, 5.74) is 2.02. The molecular formula is C15H20N2O2. The predicted octanol–water partition coefficient (Wildman–Crippen LogP) is 0.598. The van der Waals surface area contributed by atoms with Crippen LogP contribution in [0.3, 0.4) is 0 Å².